The number of benzene rings is 1. The minimum atomic E-state index is -0.960. The first-order chi connectivity index (χ1) is 16.9. The van der Waals surface area contributed by atoms with Crippen LogP contribution in [0.5, 0.6) is 5.75 Å². The van der Waals surface area contributed by atoms with Gasteiger partial charge in [-0.2, -0.15) is 5.10 Å². The number of carboxylic acid groups (broad SMARTS) is 1. The zero-order chi connectivity index (χ0) is 24.7. The van der Waals surface area contributed by atoms with Crippen LogP contribution in [0.4, 0.5) is 4.39 Å². The average Bonchev–Trinajstić information content (AvgIpc) is 3.17. The van der Waals surface area contributed by atoms with E-state index in [-0.39, 0.29) is 36.3 Å². The number of ether oxygens (including phenoxy) is 1. The highest BCUT2D eigenvalue weighted by Gasteiger charge is 2.30. The van der Waals surface area contributed by atoms with Gasteiger partial charge in [0.05, 0.1) is 11.6 Å². The monoisotopic (exact) mass is 480 g/mol. The molecule has 35 heavy (non-hydrogen) atoms. The summed E-state index contributed by atoms with van der Waals surface area (Å²) in [4.78, 5) is 31.2. The molecule has 0 unspecified atom stereocenters. The van der Waals surface area contributed by atoms with Crippen molar-refractivity contribution in [2.24, 2.45) is 5.92 Å². The number of carbonyl (C=O) groups excluding carboxylic acids is 1. The molecular formula is C26H29FN4O4. The highest BCUT2D eigenvalue weighted by Crippen LogP contribution is 2.36. The van der Waals surface area contributed by atoms with Crippen molar-refractivity contribution in [2.75, 3.05) is 13.2 Å². The molecule has 2 aliphatic rings. The van der Waals surface area contributed by atoms with E-state index in [1.165, 1.54) is 0 Å². The van der Waals surface area contributed by atoms with E-state index < -0.39 is 17.7 Å². The van der Waals surface area contributed by atoms with E-state index in [4.69, 9.17) is 4.74 Å². The molecule has 3 aromatic rings. The quantitative estimate of drug-likeness (QED) is 0.603. The number of aryl methyl sites for hydroxylation is 1. The topological polar surface area (TPSA) is 97.0 Å². The van der Waals surface area contributed by atoms with Gasteiger partial charge in [-0.3, -0.25) is 9.59 Å². The van der Waals surface area contributed by atoms with Gasteiger partial charge in [-0.05, 0) is 50.3 Å². The Balaban J connectivity index is 1.52. The van der Waals surface area contributed by atoms with Crippen LogP contribution in [0.15, 0.2) is 24.3 Å². The van der Waals surface area contributed by atoms with Crippen LogP contribution < -0.4 is 4.74 Å². The molecule has 4 heterocycles. The first kappa shape index (κ1) is 23.3. The van der Waals surface area contributed by atoms with Crippen LogP contribution in [0.25, 0.3) is 16.9 Å². The number of likely N-dealkylation sites (tertiary alicyclic amines) is 1. The lowest BCUT2D eigenvalue weighted by Gasteiger charge is -2.27. The molecule has 9 heteroatoms. The molecule has 0 bridgehead atoms. The molecule has 1 N–H and O–H groups in total. The summed E-state index contributed by atoms with van der Waals surface area (Å²) in [5.74, 6) is -2.23. The molecular weight excluding hydrogens is 451 g/mol. The third-order valence-electron chi connectivity index (χ3n) is 7.10. The van der Waals surface area contributed by atoms with E-state index in [1.807, 2.05) is 11.8 Å². The largest absolute Gasteiger partial charge is 0.489 e. The fourth-order valence-corrected chi connectivity index (χ4v) is 5.03. The summed E-state index contributed by atoms with van der Waals surface area (Å²) in [6.07, 6.45) is 5.06. The molecule has 1 saturated heterocycles. The summed E-state index contributed by atoms with van der Waals surface area (Å²) in [6.45, 7) is 4.71. The number of halogens is 1. The molecule has 2 aliphatic heterocycles. The Bertz CT molecular complexity index is 1300. The summed E-state index contributed by atoms with van der Waals surface area (Å²) in [6, 6.07) is 6.91. The van der Waals surface area contributed by atoms with Crippen LogP contribution in [0.3, 0.4) is 0 Å². The molecule has 5 rings (SSSR count). The molecule has 8 nitrogen and oxygen atoms in total. The van der Waals surface area contributed by atoms with Crippen LogP contribution in [0.2, 0.25) is 0 Å². The van der Waals surface area contributed by atoms with Gasteiger partial charge in [-0.1, -0.05) is 25.8 Å². The van der Waals surface area contributed by atoms with E-state index in [2.05, 4.69) is 17.0 Å². The molecule has 1 fully saturated rings. The van der Waals surface area contributed by atoms with Crippen LogP contribution >= 0.6 is 0 Å². The van der Waals surface area contributed by atoms with Crippen molar-refractivity contribution >= 4 is 17.5 Å². The fraction of sp³-hybridized carbons (Fsp3) is 0.462. The second-order valence-electron chi connectivity index (χ2n) is 9.45. The molecule has 1 aromatic carbocycles. The van der Waals surface area contributed by atoms with Gasteiger partial charge >= 0.3 is 5.97 Å². The SMILES string of the molecule is CCc1cc(C(=O)N2CCCCC[C@H]2C)nc2cc(-c3ccc4c(c3F)OC[C@@H](C(=O)O)C4)nn12. The number of aromatic nitrogens is 3. The van der Waals surface area contributed by atoms with Crippen LogP contribution in [0.1, 0.15) is 61.3 Å². The smallest absolute Gasteiger partial charge is 0.310 e. The van der Waals surface area contributed by atoms with Gasteiger partial charge in [0.1, 0.15) is 12.3 Å². The van der Waals surface area contributed by atoms with Gasteiger partial charge < -0.3 is 14.7 Å². The van der Waals surface area contributed by atoms with E-state index in [9.17, 15) is 14.7 Å². The maximum Gasteiger partial charge on any atom is 0.310 e. The van der Waals surface area contributed by atoms with Crippen molar-refractivity contribution in [3.63, 3.8) is 0 Å². The summed E-state index contributed by atoms with van der Waals surface area (Å²) < 4.78 is 22.6. The Morgan fingerprint density at radius 3 is 2.83 bits per heavy atom. The van der Waals surface area contributed by atoms with Crippen molar-refractivity contribution < 1.29 is 23.8 Å². The van der Waals surface area contributed by atoms with Crippen LogP contribution in [-0.4, -0.2) is 55.7 Å². The number of carboxylic acids is 1. The van der Waals surface area contributed by atoms with E-state index >= 15 is 4.39 Å². The summed E-state index contributed by atoms with van der Waals surface area (Å²) in [5.41, 5.74) is 2.83. The minimum absolute atomic E-state index is 0.0736. The molecule has 2 aromatic heterocycles. The average molecular weight is 481 g/mol. The molecule has 184 valence electrons. The lowest BCUT2D eigenvalue weighted by molar-refractivity contribution is -0.143. The Hall–Kier alpha value is -3.49. The summed E-state index contributed by atoms with van der Waals surface area (Å²) in [5, 5.41) is 13.8. The molecule has 0 radical (unpaired) electrons. The summed E-state index contributed by atoms with van der Waals surface area (Å²) in [7, 11) is 0. The first-order valence-electron chi connectivity index (χ1n) is 12.3. The van der Waals surface area contributed by atoms with Gasteiger partial charge in [0.25, 0.3) is 5.91 Å². The van der Waals surface area contributed by atoms with Crippen molar-refractivity contribution in [2.45, 2.75) is 58.4 Å². The molecule has 2 atom stereocenters. The number of rotatable bonds is 4. The second kappa shape index (κ2) is 9.28. The highest BCUT2D eigenvalue weighted by atomic mass is 19.1. The minimum Gasteiger partial charge on any atom is -0.489 e. The van der Waals surface area contributed by atoms with Gasteiger partial charge in [0.2, 0.25) is 0 Å². The molecule has 0 aliphatic carbocycles. The molecule has 1 amide bonds. The standard InChI is InChI=1S/C26H29FN4O4/c1-3-18-12-21(25(32)30-10-6-4-5-7-15(30)2)28-22-13-20(29-31(18)22)19-9-8-16-11-17(26(33)34)14-35-24(16)23(19)27/h8-9,12-13,15,17H,3-7,10-11,14H2,1-2H3,(H,33,34)/t15-,17+/m1/s1. The predicted molar refractivity (Wildman–Crippen MR) is 127 cm³/mol. The van der Waals surface area contributed by atoms with Crippen molar-refractivity contribution in [1.82, 2.24) is 19.5 Å². The van der Waals surface area contributed by atoms with Crippen molar-refractivity contribution in [1.29, 1.82) is 0 Å². The third-order valence-corrected chi connectivity index (χ3v) is 7.10. The third kappa shape index (κ3) is 4.24. The number of nitrogens with zero attached hydrogens (tertiary/aromatic N) is 4. The van der Waals surface area contributed by atoms with Crippen LogP contribution in [0, 0.1) is 11.7 Å². The zero-order valence-electron chi connectivity index (χ0n) is 20.0. The van der Waals surface area contributed by atoms with Gasteiger partial charge in [0.15, 0.2) is 17.2 Å². The molecule has 0 saturated carbocycles. The van der Waals surface area contributed by atoms with E-state index in [1.54, 1.807) is 28.8 Å². The zero-order valence-corrected chi connectivity index (χ0v) is 20.0. The van der Waals surface area contributed by atoms with Crippen molar-refractivity contribution in [3.8, 4) is 17.0 Å². The Kier molecular flexibility index (Phi) is 6.17. The Morgan fingerprint density at radius 1 is 1.23 bits per heavy atom. The van der Waals surface area contributed by atoms with Gasteiger partial charge in [-0.15, -0.1) is 0 Å². The lowest BCUT2D eigenvalue weighted by atomic mass is 9.95. The van der Waals surface area contributed by atoms with Gasteiger partial charge in [0, 0.05) is 29.9 Å². The van der Waals surface area contributed by atoms with Crippen LogP contribution in [-0.2, 0) is 17.6 Å². The normalized spacial score (nSPS) is 20.3. The Morgan fingerprint density at radius 2 is 2.06 bits per heavy atom. The fourth-order valence-electron chi connectivity index (χ4n) is 5.03. The maximum atomic E-state index is 15.4. The highest BCUT2D eigenvalue weighted by molar-refractivity contribution is 5.93. The number of carbonyl (C=O) groups is 2. The predicted octanol–water partition coefficient (Wildman–Crippen LogP) is 4.14. The number of aliphatic carboxylic acids is 1. The van der Waals surface area contributed by atoms with Crippen molar-refractivity contribution in [3.05, 3.63) is 47.0 Å². The number of fused-ring (bicyclic) bond motifs is 2. The second-order valence-corrected chi connectivity index (χ2v) is 9.45. The number of hydrogen-bond acceptors (Lipinski definition) is 5. The van der Waals surface area contributed by atoms with Gasteiger partial charge in [-0.25, -0.2) is 13.9 Å². The van der Waals surface area contributed by atoms with E-state index in [0.29, 0.717) is 29.0 Å². The molecule has 0 spiro atoms. The number of amides is 1. The first-order valence-corrected chi connectivity index (χ1v) is 12.3. The summed E-state index contributed by atoms with van der Waals surface area (Å²) >= 11 is 0. The van der Waals surface area contributed by atoms with E-state index in [0.717, 1.165) is 37.9 Å². The lowest BCUT2D eigenvalue weighted by Crippen LogP contribution is -2.38. The Labute approximate surface area is 202 Å². The maximum absolute atomic E-state index is 15.4. The number of hydrogen-bond donors (Lipinski definition) is 1.